The Bertz CT molecular complexity index is 517. The number of likely N-dealkylation sites (tertiary alicyclic amines) is 1. The maximum Gasteiger partial charge on any atom is 0.387 e. The summed E-state index contributed by atoms with van der Waals surface area (Å²) in [4.78, 5) is 13.1. The van der Waals surface area contributed by atoms with Crippen LogP contribution in [0.5, 0.6) is 11.5 Å². The lowest BCUT2D eigenvalue weighted by Gasteiger charge is -2.14. The highest BCUT2D eigenvalue weighted by Gasteiger charge is 2.26. The Morgan fingerprint density at radius 3 is 2.68 bits per heavy atom. The molecule has 1 aliphatic rings. The van der Waals surface area contributed by atoms with Gasteiger partial charge in [0.2, 0.25) is 5.91 Å². The van der Waals surface area contributed by atoms with Crippen LogP contribution in [-0.2, 0) is 11.3 Å². The van der Waals surface area contributed by atoms with Gasteiger partial charge in [0.25, 0.3) is 0 Å². The molecule has 1 heterocycles. The molecule has 22 heavy (non-hydrogen) atoms. The first-order valence-corrected chi connectivity index (χ1v) is 6.58. The van der Waals surface area contributed by atoms with Crippen molar-refractivity contribution in [2.24, 2.45) is 0 Å². The average molecular weight is 337 g/mol. The molecule has 1 unspecified atom stereocenters. The van der Waals surface area contributed by atoms with E-state index >= 15 is 0 Å². The van der Waals surface area contributed by atoms with Crippen LogP contribution in [0.15, 0.2) is 18.2 Å². The van der Waals surface area contributed by atoms with Crippen LogP contribution in [0, 0.1) is 0 Å². The molecular formula is C14H19ClF2N2O3. The molecule has 2 rings (SSSR count). The number of methoxy groups -OCH3 is 1. The molecule has 1 N–H and O–H groups in total. The first-order valence-electron chi connectivity index (χ1n) is 6.58. The molecule has 5 nitrogen and oxygen atoms in total. The molecule has 1 amide bonds. The molecule has 0 radical (unpaired) electrons. The van der Waals surface area contributed by atoms with Gasteiger partial charge in [-0.05, 0) is 17.7 Å². The summed E-state index contributed by atoms with van der Waals surface area (Å²) in [5.41, 5.74) is 0.786. The standard InChI is InChI=1S/C14H18F2N2O3.ClH/c1-18-8-10(6-13(18)19)17-7-9-3-4-11(20-2)12(5-9)21-14(15)16;/h3-5,10,14,17H,6-8H2,1-2H3;1H. The van der Waals surface area contributed by atoms with Crippen LogP contribution in [0.25, 0.3) is 0 Å². The minimum Gasteiger partial charge on any atom is -0.493 e. The largest absolute Gasteiger partial charge is 0.493 e. The van der Waals surface area contributed by atoms with E-state index in [0.29, 0.717) is 19.5 Å². The molecule has 8 heteroatoms. The summed E-state index contributed by atoms with van der Waals surface area (Å²) in [6.07, 6.45) is 0.451. The van der Waals surface area contributed by atoms with E-state index in [1.165, 1.54) is 13.2 Å². The zero-order valence-electron chi connectivity index (χ0n) is 12.3. The van der Waals surface area contributed by atoms with Crippen LogP contribution in [0.3, 0.4) is 0 Å². The number of alkyl halides is 2. The summed E-state index contributed by atoms with van der Waals surface area (Å²) in [7, 11) is 3.15. The first kappa shape index (κ1) is 18.4. The Morgan fingerprint density at radius 1 is 1.41 bits per heavy atom. The van der Waals surface area contributed by atoms with Crippen molar-refractivity contribution in [3.63, 3.8) is 0 Å². The Kier molecular flexibility index (Phi) is 6.83. The van der Waals surface area contributed by atoms with Gasteiger partial charge in [-0.1, -0.05) is 6.07 Å². The van der Waals surface area contributed by atoms with Gasteiger partial charge in [0, 0.05) is 32.6 Å². The number of nitrogens with one attached hydrogen (secondary N) is 1. The van der Waals surface area contributed by atoms with Crippen molar-refractivity contribution in [1.29, 1.82) is 0 Å². The lowest BCUT2D eigenvalue weighted by molar-refractivity contribution is -0.126. The lowest BCUT2D eigenvalue weighted by Crippen LogP contribution is -2.31. The van der Waals surface area contributed by atoms with Crippen LogP contribution >= 0.6 is 12.4 Å². The van der Waals surface area contributed by atoms with E-state index in [2.05, 4.69) is 10.1 Å². The highest BCUT2D eigenvalue weighted by atomic mass is 35.5. The van der Waals surface area contributed by atoms with E-state index in [-0.39, 0.29) is 35.9 Å². The predicted molar refractivity (Wildman–Crippen MR) is 79.8 cm³/mol. The number of hydrogen-bond donors (Lipinski definition) is 1. The fraction of sp³-hybridized carbons (Fsp3) is 0.500. The Balaban J connectivity index is 0.00000242. The molecule has 0 aromatic heterocycles. The monoisotopic (exact) mass is 336 g/mol. The van der Waals surface area contributed by atoms with E-state index in [9.17, 15) is 13.6 Å². The number of carbonyl (C=O) groups excluding carboxylic acids is 1. The topological polar surface area (TPSA) is 50.8 Å². The number of likely N-dealkylation sites (N-methyl/N-ethyl adjacent to an activating group) is 1. The molecule has 1 atom stereocenters. The second-order valence-corrected chi connectivity index (χ2v) is 4.92. The molecule has 1 aromatic rings. The maximum absolute atomic E-state index is 12.3. The molecule has 0 bridgehead atoms. The molecule has 0 spiro atoms. The molecule has 1 aromatic carbocycles. The van der Waals surface area contributed by atoms with Gasteiger partial charge in [0.1, 0.15) is 0 Å². The van der Waals surface area contributed by atoms with Crippen molar-refractivity contribution in [2.75, 3.05) is 20.7 Å². The second kappa shape index (κ2) is 8.14. The van der Waals surface area contributed by atoms with Crippen molar-refractivity contribution in [3.8, 4) is 11.5 Å². The molecule has 1 saturated heterocycles. The fourth-order valence-electron chi connectivity index (χ4n) is 2.28. The van der Waals surface area contributed by atoms with Gasteiger partial charge in [-0.3, -0.25) is 4.79 Å². The quantitative estimate of drug-likeness (QED) is 0.863. The zero-order valence-corrected chi connectivity index (χ0v) is 13.2. The number of rotatable bonds is 6. The highest BCUT2D eigenvalue weighted by Crippen LogP contribution is 2.29. The van der Waals surface area contributed by atoms with Crippen molar-refractivity contribution in [2.45, 2.75) is 25.6 Å². The highest BCUT2D eigenvalue weighted by molar-refractivity contribution is 5.85. The van der Waals surface area contributed by atoms with Crippen molar-refractivity contribution < 1.29 is 23.0 Å². The van der Waals surface area contributed by atoms with Crippen LogP contribution < -0.4 is 14.8 Å². The minimum absolute atomic E-state index is 0. The van der Waals surface area contributed by atoms with Gasteiger partial charge in [-0.2, -0.15) is 8.78 Å². The second-order valence-electron chi connectivity index (χ2n) is 4.92. The van der Waals surface area contributed by atoms with Crippen molar-refractivity contribution >= 4 is 18.3 Å². The number of nitrogens with zero attached hydrogens (tertiary/aromatic N) is 1. The predicted octanol–water partition coefficient (Wildman–Crippen LogP) is 2.04. The average Bonchev–Trinajstić information content (AvgIpc) is 2.75. The lowest BCUT2D eigenvalue weighted by atomic mass is 10.1. The third-order valence-corrected chi connectivity index (χ3v) is 3.38. The molecule has 0 aliphatic carbocycles. The Hall–Kier alpha value is -1.60. The normalized spacial score (nSPS) is 17.6. The fourth-order valence-corrected chi connectivity index (χ4v) is 2.28. The van der Waals surface area contributed by atoms with Gasteiger partial charge in [0.15, 0.2) is 11.5 Å². The number of ether oxygens (including phenoxy) is 2. The third-order valence-electron chi connectivity index (χ3n) is 3.38. The number of carbonyl (C=O) groups is 1. The first-order chi connectivity index (χ1) is 9.99. The summed E-state index contributed by atoms with van der Waals surface area (Å²) in [6.45, 7) is -1.78. The number of benzene rings is 1. The van der Waals surface area contributed by atoms with Crippen LogP contribution in [0.1, 0.15) is 12.0 Å². The maximum atomic E-state index is 12.3. The molecule has 124 valence electrons. The van der Waals surface area contributed by atoms with Gasteiger partial charge in [-0.15, -0.1) is 12.4 Å². The molecule has 1 aliphatic heterocycles. The Labute approximate surface area is 134 Å². The van der Waals surface area contributed by atoms with Crippen LogP contribution in [0.4, 0.5) is 8.78 Å². The molecule has 0 saturated carbocycles. The van der Waals surface area contributed by atoms with E-state index in [0.717, 1.165) is 5.56 Å². The summed E-state index contributed by atoms with van der Waals surface area (Å²) < 4.78 is 34.1. The minimum atomic E-state index is -2.90. The summed E-state index contributed by atoms with van der Waals surface area (Å²) in [5.74, 6) is 0.366. The van der Waals surface area contributed by atoms with Gasteiger partial charge in [0.05, 0.1) is 7.11 Å². The van der Waals surface area contributed by atoms with Gasteiger partial charge >= 0.3 is 6.61 Å². The SMILES string of the molecule is COc1ccc(CNC2CC(=O)N(C)C2)cc1OC(F)F.Cl. The number of amides is 1. The molecule has 1 fully saturated rings. The van der Waals surface area contributed by atoms with Crippen molar-refractivity contribution in [3.05, 3.63) is 23.8 Å². The smallest absolute Gasteiger partial charge is 0.387 e. The number of halogens is 3. The third kappa shape index (κ3) is 4.71. The molecular weight excluding hydrogens is 318 g/mol. The zero-order chi connectivity index (χ0) is 15.4. The van der Waals surface area contributed by atoms with E-state index in [4.69, 9.17) is 4.74 Å². The van der Waals surface area contributed by atoms with Gasteiger partial charge in [-0.25, -0.2) is 0 Å². The van der Waals surface area contributed by atoms with Gasteiger partial charge < -0.3 is 19.7 Å². The van der Waals surface area contributed by atoms with E-state index in [1.54, 1.807) is 24.1 Å². The van der Waals surface area contributed by atoms with E-state index in [1.807, 2.05) is 0 Å². The Morgan fingerprint density at radius 2 is 2.14 bits per heavy atom. The van der Waals surface area contributed by atoms with Crippen LogP contribution in [-0.4, -0.2) is 44.2 Å². The summed E-state index contributed by atoms with van der Waals surface area (Å²) in [5, 5.41) is 3.23. The number of hydrogen-bond acceptors (Lipinski definition) is 4. The summed E-state index contributed by atoms with van der Waals surface area (Å²) >= 11 is 0. The van der Waals surface area contributed by atoms with E-state index < -0.39 is 6.61 Å². The summed E-state index contributed by atoms with van der Waals surface area (Å²) in [6, 6.07) is 4.94. The van der Waals surface area contributed by atoms with Crippen LogP contribution in [0.2, 0.25) is 0 Å². The van der Waals surface area contributed by atoms with Crippen molar-refractivity contribution in [1.82, 2.24) is 10.2 Å².